The summed E-state index contributed by atoms with van der Waals surface area (Å²) in [6.45, 7) is 3.19. The predicted molar refractivity (Wildman–Crippen MR) is 84.3 cm³/mol. The van der Waals surface area contributed by atoms with Gasteiger partial charge in [-0.2, -0.15) is 0 Å². The maximum absolute atomic E-state index is 13.3. The second-order valence-corrected chi connectivity index (χ2v) is 6.63. The van der Waals surface area contributed by atoms with Crippen LogP contribution in [0.5, 0.6) is 0 Å². The van der Waals surface area contributed by atoms with Crippen molar-refractivity contribution in [2.24, 2.45) is 5.73 Å². The topological polar surface area (TPSA) is 32.5 Å². The van der Waals surface area contributed by atoms with Gasteiger partial charge in [0.1, 0.15) is 5.82 Å². The molecule has 20 heavy (non-hydrogen) atoms. The van der Waals surface area contributed by atoms with Gasteiger partial charge < -0.3 is 15.5 Å². The van der Waals surface area contributed by atoms with E-state index in [-0.39, 0.29) is 11.9 Å². The van der Waals surface area contributed by atoms with Crippen LogP contribution in [0.3, 0.4) is 0 Å². The molecule has 3 nitrogen and oxygen atoms in total. The number of hydrogen-bond acceptors (Lipinski definition) is 3. The molecule has 0 radical (unpaired) electrons. The lowest BCUT2D eigenvalue weighted by molar-refractivity contribution is 0.195. The Bertz CT molecular complexity index is 455. The van der Waals surface area contributed by atoms with Crippen LogP contribution in [0.2, 0.25) is 0 Å². The van der Waals surface area contributed by atoms with Crippen molar-refractivity contribution in [3.8, 4) is 0 Å². The third kappa shape index (κ3) is 4.01. The maximum atomic E-state index is 13.3. The van der Waals surface area contributed by atoms with Crippen molar-refractivity contribution in [1.82, 2.24) is 9.80 Å². The molecule has 2 atom stereocenters. The average Bonchev–Trinajstić information content (AvgIpc) is 2.56. The predicted octanol–water partition coefficient (Wildman–Crippen LogP) is 2.09. The highest BCUT2D eigenvalue weighted by Crippen LogP contribution is 2.19. The van der Waals surface area contributed by atoms with Crippen molar-refractivity contribution in [1.29, 1.82) is 0 Å². The molecule has 5 heteroatoms. The number of rotatable bonds is 3. The Balaban J connectivity index is 2.05. The van der Waals surface area contributed by atoms with E-state index in [0.717, 1.165) is 31.6 Å². The highest BCUT2D eigenvalue weighted by atomic mass is 79.9. The molecule has 1 heterocycles. The normalized spacial score (nSPS) is 23.6. The Kier molecular flexibility index (Phi) is 5.55. The van der Waals surface area contributed by atoms with E-state index < -0.39 is 0 Å². The fourth-order valence-electron chi connectivity index (χ4n) is 2.84. The zero-order valence-electron chi connectivity index (χ0n) is 12.1. The fraction of sp³-hybridized carbons (Fsp3) is 0.600. The van der Waals surface area contributed by atoms with Crippen LogP contribution in [-0.4, -0.2) is 55.6 Å². The molecule has 0 aliphatic carbocycles. The van der Waals surface area contributed by atoms with Crippen molar-refractivity contribution < 1.29 is 4.39 Å². The quantitative estimate of drug-likeness (QED) is 0.912. The second-order valence-electron chi connectivity index (χ2n) is 5.78. The third-order valence-electron chi connectivity index (χ3n) is 4.07. The number of hydrogen-bond donors (Lipinski definition) is 1. The van der Waals surface area contributed by atoms with Gasteiger partial charge in [-0.05, 0) is 73.7 Å². The minimum absolute atomic E-state index is 0.0536. The van der Waals surface area contributed by atoms with Crippen molar-refractivity contribution in [2.45, 2.75) is 24.9 Å². The molecule has 1 fully saturated rings. The Morgan fingerprint density at radius 2 is 2.15 bits per heavy atom. The SMILES string of the molecule is CN1CCCN(C)C(C(N)Cc2ccc(F)c(Br)c2)C1. The lowest BCUT2D eigenvalue weighted by atomic mass is 9.99. The summed E-state index contributed by atoms with van der Waals surface area (Å²) < 4.78 is 13.8. The van der Waals surface area contributed by atoms with Crippen LogP contribution in [0.4, 0.5) is 4.39 Å². The first kappa shape index (κ1) is 15.9. The number of benzene rings is 1. The summed E-state index contributed by atoms with van der Waals surface area (Å²) in [6.07, 6.45) is 1.94. The molecule has 1 aliphatic rings. The Morgan fingerprint density at radius 1 is 1.40 bits per heavy atom. The zero-order chi connectivity index (χ0) is 14.7. The van der Waals surface area contributed by atoms with E-state index in [4.69, 9.17) is 5.73 Å². The Labute approximate surface area is 129 Å². The molecule has 1 aliphatic heterocycles. The lowest BCUT2D eigenvalue weighted by Crippen LogP contribution is -2.51. The molecular formula is C15H23BrFN3. The van der Waals surface area contributed by atoms with E-state index in [9.17, 15) is 4.39 Å². The van der Waals surface area contributed by atoms with Crippen LogP contribution < -0.4 is 5.73 Å². The zero-order valence-corrected chi connectivity index (χ0v) is 13.7. The first-order valence-electron chi connectivity index (χ1n) is 7.05. The van der Waals surface area contributed by atoms with Gasteiger partial charge in [0.2, 0.25) is 0 Å². The number of nitrogens with zero attached hydrogens (tertiary/aromatic N) is 2. The van der Waals surface area contributed by atoms with Crippen LogP contribution in [0.15, 0.2) is 22.7 Å². The smallest absolute Gasteiger partial charge is 0.137 e. The summed E-state index contributed by atoms with van der Waals surface area (Å²) in [7, 11) is 4.29. The molecule has 0 saturated carbocycles. The fourth-order valence-corrected chi connectivity index (χ4v) is 3.27. The molecule has 2 rings (SSSR count). The van der Waals surface area contributed by atoms with Gasteiger partial charge in [0.05, 0.1) is 4.47 Å². The van der Waals surface area contributed by atoms with Gasteiger partial charge in [-0.15, -0.1) is 0 Å². The van der Waals surface area contributed by atoms with Crippen molar-refractivity contribution in [2.75, 3.05) is 33.7 Å². The second kappa shape index (κ2) is 6.98. The Hall–Kier alpha value is -0.490. The van der Waals surface area contributed by atoms with E-state index in [2.05, 4.69) is 39.8 Å². The van der Waals surface area contributed by atoms with E-state index in [1.807, 2.05) is 12.1 Å². The first-order valence-corrected chi connectivity index (χ1v) is 7.85. The van der Waals surface area contributed by atoms with Crippen LogP contribution in [0.25, 0.3) is 0 Å². The van der Waals surface area contributed by atoms with E-state index in [1.165, 1.54) is 12.5 Å². The molecule has 0 bridgehead atoms. The number of halogens is 2. The molecule has 0 amide bonds. The van der Waals surface area contributed by atoms with E-state index >= 15 is 0 Å². The molecule has 1 saturated heterocycles. The van der Waals surface area contributed by atoms with Crippen molar-refractivity contribution in [3.63, 3.8) is 0 Å². The van der Waals surface area contributed by atoms with Crippen molar-refractivity contribution >= 4 is 15.9 Å². The van der Waals surface area contributed by atoms with Gasteiger partial charge >= 0.3 is 0 Å². The van der Waals surface area contributed by atoms with E-state index in [1.54, 1.807) is 0 Å². The minimum Gasteiger partial charge on any atom is -0.326 e. The minimum atomic E-state index is -0.228. The molecule has 2 unspecified atom stereocenters. The van der Waals surface area contributed by atoms with Gasteiger partial charge in [-0.1, -0.05) is 6.07 Å². The molecule has 1 aromatic rings. The number of likely N-dealkylation sites (N-methyl/N-ethyl adjacent to an activating group) is 2. The first-order chi connectivity index (χ1) is 9.47. The summed E-state index contributed by atoms with van der Waals surface area (Å²) in [5.41, 5.74) is 7.49. The molecule has 112 valence electrons. The summed E-state index contributed by atoms with van der Waals surface area (Å²) in [5, 5.41) is 0. The van der Waals surface area contributed by atoms with Crippen molar-refractivity contribution in [3.05, 3.63) is 34.1 Å². The molecule has 0 spiro atoms. The highest BCUT2D eigenvalue weighted by Gasteiger charge is 2.26. The van der Waals surface area contributed by atoms with Gasteiger partial charge in [0.25, 0.3) is 0 Å². The monoisotopic (exact) mass is 343 g/mol. The molecular weight excluding hydrogens is 321 g/mol. The van der Waals surface area contributed by atoms with Crippen LogP contribution in [-0.2, 0) is 6.42 Å². The molecule has 2 N–H and O–H groups in total. The van der Waals surface area contributed by atoms with Crippen LogP contribution in [0, 0.1) is 5.82 Å². The maximum Gasteiger partial charge on any atom is 0.137 e. The molecule has 0 aromatic heterocycles. The average molecular weight is 344 g/mol. The van der Waals surface area contributed by atoms with E-state index in [0.29, 0.717) is 10.5 Å². The molecule has 1 aromatic carbocycles. The van der Waals surface area contributed by atoms with Gasteiger partial charge in [-0.25, -0.2) is 4.39 Å². The number of nitrogens with two attached hydrogens (primary N) is 1. The van der Waals surface area contributed by atoms with Gasteiger partial charge in [-0.3, -0.25) is 0 Å². The Morgan fingerprint density at radius 3 is 2.85 bits per heavy atom. The summed E-state index contributed by atoms with van der Waals surface area (Å²) in [5.74, 6) is -0.228. The summed E-state index contributed by atoms with van der Waals surface area (Å²) >= 11 is 3.23. The highest BCUT2D eigenvalue weighted by molar-refractivity contribution is 9.10. The van der Waals surface area contributed by atoms with Gasteiger partial charge in [0, 0.05) is 18.6 Å². The summed E-state index contributed by atoms with van der Waals surface area (Å²) in [4.78, 5) is 4.70. The van der Waals surface area contributed by atoms with Gasteiger partial charge in [0.15, 0.2) is 0 Å². The third-order valence-corrected chi connectivity index (χ3v) is 4.67. The standard InChI is InChI=1S/C15H23BrFN3/c1-19-6-3-7-20(2)15(10-19)14(18)9-11-4-5-13(17)12(16)8-11/h4-5,8,14-15H,3,6-7,9-10,18H2,1-2H3. The summed E-state index contributed by atoms with van der Waals surface area (Å²) in [6, 6.07) is 5.54. The van der Waals surface area contributed by atoms with Crippen LogP contribution >= 0.6 is 15.9 Å². The lowest BCUT2D eigenvalue weighted by Gasteiger charge is -2.32. The van der Waals surface area contributed by atoms with Crippen LogP contribution in [0.1, 0.15) is 12.0 Å². The largest absolute Gasteiger partial charge is 0.326 e.